The Balaban J connectivity index is 0.000000531. The predicted molar refractivity (Wildman–Crippen MR) is 60.4 cm³/mol. The molecular weight excluding hydrogens is 190 g/mol. The Morgan fingerprint density at radius 2 is 2.07 bits per heavy atom. The Morgan fingerprint density at radius 3 is 2.80 bits per heavy atom. The number of amides is 1. The molecule has 0 aromatic heterocycles. The highest BCUT2D eigenvalue weighted by Crippen LogP contribution is 2.20. The van der Waals surface area contributed by atoms with E-state index in [1.54, 1.807) is 0 Å². The fraction of sp³-hybridized carbons (Fsp3) is 0.417. The van der Waals surface area contributed by atoms with Gasteiger partial charge in [0.2, 0.25) is 0 Å². The lowest BCUT2D eigenvalue weighted by atomic mass is 10.1. The van der Waals surface area contributed by atoms with Gasteiger partial charge in [-0.3, -0.25) is 4.79 Å². The van der Waals surface area contributed by atoms with E-state index in [2.05, 4.69) is 5.32 Å². The van der Waals surface area contributed by atoms with Gasteiger partial charge in [-0.1, -0.05) is 25.5 Å². The van der Waals surface area contributed by atoms with Crippen LogP contribution in [0.4, 0.5) is 0 Å². The number of ether oxygens (including phenoxy) is 1. The van der Waals surface area contributed by atoms with Gasteiger partial charge in [0.1, 0.15) is 12.4 Å². The molecule has 0 radical (unpaired) electrons. The molecule has 2 rings (SSSR count). The number of hydrogen-bond acceptors (Lipinski definition) is 2. The number of hydrogen-bond donors (Lipinski definition) is 1. The molecule has 0 unspecified atom stereocenters. The maximum absolute atomic E-state index is 11.5. The van der Waals surface area contributed by atoms with Crippen molar-refractivity contribution in [2.75, 3.05) is 13.2 Å². The minimum Gasteiger partial charge on any atom is -0.491 e. The van der Waals surface area contributed by atoms with Crippen LogP contribution in [-0.4, -0.2) is 19.1 Å². The van der Waals surface area contributed by atoms with Crippen LogP contribution in [0.5, 0.6) is 5.75 Å². The maximum atomic E-state index is 11.5. The van der Waals surface area contributed by atoms with Gasteiger partial charge in [0, 0.05) is 0 Å². The van der Waals surface area contributed by atoms with Crippen LogP contribution >= 0.6 is 0 Å². The van der Waals surface area contributed by atoms with E-state index in [1.807, 2.05) is 39.0 Å². The first-order valence-electron chi connectivity index (χ1n) is 5.29. The molecule has 0 bridgehead atoms. The van der Waals surface area contributed by atoms with E-state index >= 15 is 0 Å². The van der Waals surface area contributed by atoms with Gasteiger partial charge in [-0.2, -0.15) is 0 Å². The van der Waals surface area contributed by atoms with Crippen LogP contribution in [-0.2, 0) is 0 Å². The molecule has 1 aliphatic heterocycles. The average Bonchev–Trinajstić information content (AvgIpc) is 2.44. The van der Waals surface area contributed by atoms with Gasteiger partial charge in [-0.05, 0) is 19.1 Å². The molecule has 0 atom stereocenters. The van der Waals surface area contributed by atoms with Crippen LogP contribution in [0.3, 0.4) is 0 Å². The number of aryl methyl sites for hydroxylation is 1. The van der Waals surface area contributed by atoms with Gasteiger partial charge in [0.05, 0.1) is 12.1 Å². The minimum atomic E-state index is -0.0452. The fourth-order valence-corrected chi connectivity index (χ4v) is 1.37. The average molecular weight is 207 g/mol. The molecule has 15 heavy (non-hydrogen) atoms. The molecule has 0 saturated carbocycles. The number of benzene rings is 1. The maximum Gasteiger partial charge on any atom is 0.255 e. The molecule has 0 spiro atoms. The molecule has 1 aliphatic rings. The number of rotatable bonds is 0. The second-order valence-electron chi connectivity index (χ2n) is 3.10. The quantitative estimate of drug-likeness (QED) is 0.707. The van der Waals surface area contributed by atoms with E-state index in [1.165, 1.54) is 0 Å². The lowest BCUT2D eigenvalue weighted by Crippen LogP contribution is -2.24. The Kier molecular flexibility index (Phi) is 4.16. The van der Waals surface area contributed by atoms with Crippen LogP contribution in [0.2, 0.25) is 0 Å². The van der Waals surface area contributed by atoms with Gasteiger partial charge < -0.3 is 10.1 Å². The van der Waals surface area contributed by atoms with Crippen LogP contribution in [0, 0.1) is 6.92 Å². The Labute approximate surface area is 90.4 Å². The van der Waals surface area contributed by atoms with Gasteiger partial charge in [-0.15, -0.1) is 0 Å². The molecule has 3 nitrogen and oxygen atoms in total. The summed E-state index contributed by atoms with van der Waals surface area (Å²) >= 11 is 0. The van der Waals surface area contributed by atoms with Gasteiger partial charge in [-0.25, -0.2) is 0 Å². The number of nitrogens with one attached hydrogen (secondary N) is 1. The highest BCUT2D eigenvalue weighted by molar-refractivity contribution is 5.97. The zero-order chi connectivity index (χ0) is 11.3. The highest BCUT2D eigenvalue weighted by Gasteiger charge is 2.15. The molecule has 3 heteroatoms. The summed E-state index contributed by atoms with van der Waals surface area (Å²) in [5.41, 5.74) is 1.71. The van der Waals surface area contributed by atoms with Crippen LogP contribution < -0.4 is 10.1 Å². The molecular formula is C12H17NO2. The van der Waals surface area contributed by atoms with Crippen molar-refractivity contribution in [3.8, 4) is 5.75 Å². The van der Waals surface area contributed by atoms with E-state index in [4.69, 9.17) is 4.74 Å². The molecule has 1 heterocycles. The van der Waals surface area contributed by atoms with Crippen LogP contribution in [0.15, 0.2) is 18.2 Å². The second-order valence-corrected chi connectivity index (χ2v) is 3.10. The lowest BCUT2D eigenvalue weighted by Gasteiger charge is -2.04. The van der Waals surface area contributed by atoms with Crippen molar-refractivity contribution in [2.45, 2.75) is 20.8 Å². The monoisotopic (exact) mass is 207 g/mol. The molecule has 0 aliphatic carbocycles. The molecule has 1 aromatic rings. The molecule has 1 aromatic carbocycles. The predicted octanol–water partition coefficient (Wildman–Crippen LogP) is 2.14. The summed E-state index contributed by atoms with van der Waals surface area (Å²) in [5.74, 6) is 0.636. The Hall–Kier alpha value is -1.51. The zero-order valence-corrected chi connectivity index (χ0v) is 9.46. The molecule has 1 N–H and O–H groups in total. The van der Waals surface area contributed by atoms with Crippen molar-refractivity contribution >= 4 is 5.91 Å². The lowest BCUT2D eigenvalue weighted by molar-refractivity contribution is 0.0957. The zero-order valence-electron chi connectivity index (χ0n) is 9.46. The second kappa shape index (κ2) is 5.39. The van der Waals surface area contributed by atoms with E-state index in [0.717, 1.165) is 5.56 Å². The first-order valence-corrected chi connectivity index (χ1v) is 5.29. The van der Waals surface area contributed by atoms with E-state index in [9.17, 15) is 4.79 Å². The van der Waals surface area contributed by atoms with E-state index in [-0.39, 0.29) is 5.91 Å². The van der Waals surface area contributed by atoms with Gasteiger partial charge >= 0.3 is 0 Å². The summed E-state index contributed by atoms with van der Waals surface area (Å²) in [7, 11) is 0. The summed E-state index contributed by atoms with van der Waals surface area (Å²) in [5, 5.41) is 2.76. The molecule has 0 fully saturated rings. The highest BCUT2D eigenvalue weighted by atomic mass is 16.5. The van der Waals surface area contributed by atoms with Gasteiger partial charge in [0.15, 0.2) is 0 Å². The molecule has 0 saturated heterocycles. The Bertz CT molecular complexity index is 347. The SMILES string of the molecule is CC.Cc1ccc2c(c1)C(=O)NCCO2. The Morgan fingerprint density at radius 1 is 1.33 bits per heavy atom. The van der Waals surface area contributed by atoms with E-state index in [0.29, 0.717) is 24.5 Å². The summed E-state index contributed by atoms with van der Waals surface area (Å²) in [6.07, 6.45) is 0. The van der Waals surface area contributed by atoms with Crippen LogP contribution in [0.1, 0.15) is 29.8 Å². The largest absolute Gasteiger partial charge is 0.491 e. The third-order valence-corrected chi connectivity index (χ3v) is 2.02. The molecule has 1 amide bonds. The van der Waals surface area contributed by atoms with Crippen molar-refractivity contribution in [1.82, 2.24) is 5.32 Å². The van der Waals surface area contributed by atoms with E-state index < -0.39 is 0 Å². The van der Waals surface area contributed by atoms with Crippen LogP contribution in [0.25, 0.3) is 0 Å². The number of fused-ring (bicyclic) bond motifs is 1. The van der Waals surface area contributed by atoms with Crippen molar-refractivity contribution in [3.63, 3.8) is 0 Å². The third-order valence-electron chi connectivity index (χ3n) is 2.02. The summed E-state index contributed by atoms with van der Waals surface area (Å²) in [6, 6.07) is 5.63. The first-order chi connectivity index (χ1) is 7.27. The van der Waals surface area contributed by atoms with Crippen molar-refractivity contribution < 1.29 is 9.53 Å². The normalized spacial score (nSPS) is 13.7. The number of carbonyl (C=O) groups is 1. The summed E-state index contributed by atoms with van der Waals surface area (Å²) in [6.45, 7) is 7.08. The standard InChI is InChI=1S/C10H11NO2.C2H6/c1-7-2-3-9-8(6-7)10(12)11-4-5-13-9;1-2/h2-3,6H,4-5H2,1H3,(H,11,12);1-2H3. The fourth-order valence-electron chi connectivity index (χ4n) is 1.37. The van der Waals surface area contributed by atoms with Crippen molar-refractivity contribution in [1.29, 1.82) is 0 Å². The number of carbonyl (C=O) groups excluding carboxylic acids is 1. The molecule has 82 valence electrons. The van der Waals surface area contributed by atoms with Gasteiger partial charge in [0.25, 0.3) is 5.91 Å². The van der Waals surface area contributed by atoms with Crippen molar-refractivity contribution in [2.24, 2.45) is 0 Å². The third kappa shape index (κ3) is 2.72. The summed E-state index contributed by atoms with van der Waals surface area (Å²) in [4.78, 5) is 11.5. The van der Waals surface area contributed by atoms with Crippen molar-refractivity contribution in [3.05, 3.63) is 29.3 Å². The smallest absolute Gasteiger partial charge is 0.255 e. The first kappa shape index (κ1) is 11.6. The minimum absolute atomic E-state index is 0.0452. The topological polar surface area (TPSA) is 38.3 Å². The summed E-state index contributed by atoms with van der Waals surface area (Å²) < 4.78 is 5.39.